The van der Waals surface area contributed by atoms with Crippen LogP contribution in [0.2, 0.25) is 0 Å². The second-order valence-corrected chi connectivity index (χ2v) is 5.62. The Hall–Kier alpha value is -2.76. The van der Waals surface area contributed by atoms with Crippen molar-refractivity contribution in [3.8, 4) is 11.4 Å². The Morgan fingerprint density at radius 3 is 2.87 bits per heavy atom. The molecule has 6 heteroatoms. The van der Waals surface area contributed by atoms with Crippen LogP contribution in [0.25, 0.3) is 11.4 Å². The van der Waals surface area contributed by atoms with E-state index in [9.17, 15) is 9.59 Å². The van der Waals surface area contributed by atoms with Gasteiger partial charge in [-0.3, -0.25) is 9.59 Å². The first-order chi connectivity index (χ1) is 11.1. The zero-order valence-corrected chi connectivity index (χ0v) is 12.9. The largest absolute Gasteiger partial charge is 0.366 e. The predicted molar refractivity (Wildman–Crippen MR) is 85.3 cm³/mol. The van der Waals surface area contributed by atoms with Crippen LogP contribution in [0.15, 0.2) is 36.5 Å². The van der Waals surface area contributed by atoms with Crippen LogP contribution in [0.3, 0.4) is 0 Å². The molecule has 2 N–H and O–H groups in total. The Morgan fingerprint density at radius 1 is 1.30 bits per heavy atom. The monoisotopic (exact) mass is 310 g/mol. The zero-order valence-electron chi connectivity index (χ0n) is 12.9. The molecule has 1 aliphatic heterocycles. The van der Waals surface area contributed by atoms with Crippen molar-refractivity contribution < 1.29 is 9.59 Å². The highest BCUT2D eigenvalue weighted by atomic mass is 16.2. The van der Waals surface area contributed by atoms with Crippen LogP contribution in [-0.2, 0) is 4.79 Å². The number of carbonyl (C=O) groups is 2. The molecule has 1 aromatic carbocycles. The van der Waals surface area contributed by atoms with Crippen LogP contribution < -0.4 is 5.73 Å². The summed E-state index contributed by atoms with van der Waals surface area (Å²) in [6.45, 7) is 2.34. The number of hydrogen-bond donors (Lipinski definition) is 1. The number of likely N-dealkylation sites (tertiary alicyclic amines) is 1. The van der Waals surface area contributed by atoms with Crippen LogP contribution in [0.5, 0.6) is 0 Å². The smallest absolute Gasteiger partial charge is 0.248 e. The van der Waals surface area contributed by atoms with Gasteiger partial charge < -0.3 is 10.6 Å². The quantitative estimate of drug-likeness (QED) is 0.938. The van der Waals surface area contributed by atoms with Crippen LogP contribution in [-0.4, -0.2) is 33.2 Å². The van der Waals surface area contributed by atoms with Crippen molar-refractivity contribution in [3.05, 3.63) is 47.8 Å². The molecule has 0 spiro atoms. The lowest BCUT2D eigenvalue weighted by molar-refractivity contribution is -0.129. The SMILES string of the molecule is CC(=O)N1CCCC1c1ccnc(-c2cccc(C(N)=O)c2)n1. The van der Waals surface area contributed by atoms with Gasteiger partial charge in [0.25, 0.3) is 0 Å². The number of benzene rings is 1. The first-order valence-corrected chi connectivity index (χ1v) is 7.56. The summed E-state index contributed by atoms with van der Waals surface area (Å²) in [4.78, 5) is 33.8. The molecule has 118 valence electrons. The minimum atomic E-state index is -0.485. The standard InChI is InChI=1S/C17H18N4O2/c1-11(22)21-9-3-6-15(21)14-7-8-19-17(20-14)13-5-2-4-12(10-13)16(18)23/h2,4-5,7-8,10,15H,3,6,9H2,1H3,(H2,18,23). The third-order valence-electron chi connectivity index (χ3n) is 4.08. The Bertz CT molecular complexity index is 760. The van der Waals surface area contributed by atoms with Crippen molar-refractivity contribution >= 4 is 11.8 Å². The summed E-state index contributed by atoms with van der Waals surface area (Å²) in [6.07, 6.45) is 3.56. The van der Waals surface area contributed by atoms with Crippen molar-refractivity contribution in [1.29, 1.82) is 0 Å². The molecule has 6 nitrogen and oxygen atoms in total. The summed E-state index contributed by atoms with van der Waals surface area (Å²) in [5.74, 6) is 0.103. The molecule has 2 amide bonds. The van der Waals surface area contributed by atoms with Crippen molar-refractivity contribution in [2.45, 2.75) is 25.8 Å². The highest BCUT2D eigenvalue weighted by Gasteiger charge is 2.29. The van der Waals surface area contributed by atoms with Gasteiger partial charge in [0, 0.05) is 30.8 Å². The van der Waals surface area contributed by atoms with Gasteiger partial charge in [-0.2, -0.15) is 0 Å². The number of nitrogens with zero attached hydrogens (tertiary/aromatic N) is 3. The van der Waals surface area contributed by atoms with E-state index >= 15 is 0 Å². The van der Waals surface area contributed by atoms with E-state index in [0.717, 1.165) is 30.6 Å². The summed E-state index contributed by atoms with van der Waals surface area (Å²) in [6, 6.07) is 8.76. The number of carbonyl (C=O) groups excluding carboxylic acids is 2. The maximum Gasteiger partial charge on any atom is 0.248 e. The second kappa shape index (κ2) is 6.16. The Labute approximate surface area is 134 Å². The first-order valence-electron chi connectivity index (χ1n) is 7.56. The highest BCUT2D eigenvalue weighted by molar-refractivity contribution is 5.93. The molecule has 1 aromatic heterocycles. The topological polar surface area (TPSA) is 89.2 Å². The molecule has 1 fully saturated rings. The normalized spacial score (nSPS) is 17.3. The fraction of sp³-hybridized carbons (Fsp3) is 0.294. The highest BCUT2D eigenvalue weighted by Crippen LogP contribution is 2.31. The predicted octanol–water partition coefficient (Wildman–Crippen LogP) is 1.93. The molecule has 0 bridgehead atoms. The van der Waals surface area contributed by atoms with Gasteiger partial charge in [0.05, 0.1) is 11.7 Å². The van der Waals surface area contributed by atoms with Gasteiger partial charge in [0.2, 0.25) is 11.8 Å². The lowest BCUT2D eigenvalue weighted by Gasteiger charge is -2.22. The summed E-state index contributed by atoms with van der Waals surface area (Å²) < 4.78 is 0. The fourth-order valence-corrected chi connectivity index (χ4v) is 2.96. The minimum Gasteiger partial charge on any atom is -0.366 e. The van der Waals surface area contributed by atoms with Gasteiger partial charge in [-0.25, -0.2) is 9.97 Å². The van der Waals surface area contributed by atoms with E-state index in [2.05, 4.69) is 9.97 Å². The number of rotatable bonds is 3. The molecule has 1 atom stereocenters. The van der Waals surface area contributed by atoms with E-state index in [1.54, 1.807) is 31.3 Å². The van der Waals surface area contributed by atoms with Gasteiger partial charge >= 0.3 is 0 Å². The van der Waals surface area contributed by atoms with Crippen LogP contribution >= 0.6 is 0 Å². The average Bonchev–Trinajstić information content (AvgIpc) is 3.05. The van der Waals surface area contributed by atoms with Crippen molar-refractivity contribution in [2.75, 3.05) is 6.54 Å². The molecule has 3 rings (SSSR count). The molecule has 23 heavy (non-hydrogen) atoms. The lowest BCUT2D eigenvalue weighted by Crippen LogP contribution is -2.28. The van der Waals surface area contributed by atoms with Gasteiger partial charge in [-0.15, -0.1) is 0 Å². The molecule has 0 aliphatic carbocycles. The molecule has 1 aliphatic rings. The van der Waals surface area contributed by atoms with Crippen LogP contribution in [0.1, 0.15) is 41.9 Å². The summed E-state index contributed by atoms with van der Waals surface area (Å²) in [7, 11) is 0. The molecule has 0 radical (unpaired) electrons. The molecule has 2 aromatic rings. The number of nitrogens with two attached hydrogens (primary N) is 1. The van der Waals surface area contributed by atoms with Crippen molar-refractivity contribution in [1.82, 2.24) is 14.9 Å². The maximum absolute atomic E-state index is 11.7. The number of aromatic nitrogens is 2. The average molecular weight is 310 g/mol. The summed E-state index contributed by atoms with van der Waals surface area (Å²) in [5.41, 5.74) is 7.30. The van der Waals surface area contributed by atoms with Crippen LogP contribution in [0, 0.1) is 0 Å². The molecular weight excluding hydrogens is 292 g/mol. The fourth-order valence-electron chi connectivity index (χ4n) is 2.96. The Kier molecular flexibility index (Phi) is 4.06. The van der Waals surface area contributed by atoms with Gasteiger partial charge in [0.1, 0.15) is 0 Å². The number of amides is 2. The van der Waals surface area contributed by atoms with Gasteiger partial charge in [-0.1, -0.05) is 12.1 Å². The van der Waals surface area contributed by atoms with Gasteiger partial charge in [-0.05, 0) is 31.0 Å². The molecule has 1 unspecified atom stereocenters. The molecule has 1 saturated heterocycles. The van der Waals surface area contributed by atoms with E-state index in [1.165, 1.54) is 0 Å². The maximum atomic E-state index is 11.7. The van der Waals surface area contributed by atoms with E-state index in [1.807, 2.05) is 17.0 Å². The Balaban J connectivity index is 1.95. The third-order valence-corrected chi connectivity index (χ3v) is 4.08. The van der Waals surface area contributed by atoms with E-state index in [4.69, 9.17) is 5.73 Å². The lowest BCUT2D eigenvalue weighted by atomic mass is 10.1. The van der Waals surface area contributed by atoms with Crippen molar-refractivity contribution in [2.24, 2.45) is 5.73 Å². The van der Waals surface area contributed by atoms with E-state index < -0.39 is 5.91 Å². The zero-order chi connectivity index (χ0) is 16.4. The molecule has 0 saturated carbocycles. The van der Waals surface area contributed by atoms with Crippen LogP contribution in [0.4, 0.5) is 0 Å². The Morgan fingerprint density at radius 2 is 2.13 bits per heavy atom. The molecule has 2 heterocycles. The van der Waals surface area contributed by atoms with Gasteiger partial charge in [0.15, 0.2) is 5.82 Å². The number of primary amides is 1. The number of hydrogen-bond acceptors (Lipinski definition) is 4. The summed E-state index contributed by atoms with van der Waals surface area (Å²) >= 11 is 0. The van der Waals surface area contributed by atoms with E-state index in [-0.39, 0.29) is 11.9 Å². The third kappa shape index (κ3) is 3.06. The second-order valence-electron chi connectivity index (χ2n) is 5.62. The summed E-state index contributed by atoms with van der Waals surface area (Å²) in [5, 5.41) is 0. The van der Waals surface area contributed by atoms with Crippen molar-refractivity contribution in [3.63, 3.8) is 0 Å². The first kappa shape index (κ1) is 15.1. The van der Waals surface area contributed by atoms with E-state index in [0.29, 0.717) is 11.4 Å². The molecular formula is C17H18N4O2. The minimum absolute atomic E-state index is 0.00595.